The summed E-state index contributed by atoms with van der Waals surface area (Å²) in [6.45, 7) is 12.2. The van der Waals surface area contributed by atoms with Gasteiger partial charge in [-0.05, 0) is 55.7 Å². The van der Waals surface area contributed by atoms with Crippen molar-refractivity contribution in [3.63, 3.8) is 0 Å². The van der Waals surface area contributed by atoms with E-state index in [1.165, 1.54) is 22.8 Å². The number of likely N-dealkylation sites (N-methyl/N-ethyl adjacent to an activating group) is 1. The van der Waals surface area contributed by atoms with Crippen molar-refractivity contribution in [2.45, 2.75) is 45.7 Å². The molecule has 8 nitrogen and oxygen atoms in total. The van der Waals surface area contributed by atoms with Crippen LogP contribution in [-0.4, -0.2) is 59.1 Å². The number of rotatable bonds is 4. The molecule has 0 aliphatic carbocycles. The Balaban J connectivity index is 1.77. The number of hydrogen-bond acceptors (Lipinski definition) is 6. The van der Waals surface area contributed by atoms with Crippen LogP contribution in [0.5, 0.6) is 0 Å². The molecule has 1 saturated heterocycles. The number of carbonyl (C=O) groups is 1. The Bertz CT molecular complexity index is 1940. The lowest BCUT2D eigenvalue weighted by molar-refractivity contribution is -0.128. The Labute approximate surface area is 259 Å². The van der Waals surface area contributed by atoms with Crippen LogP contribution in [0.1, 0.15) is 37.9 Å². The number of halogens is 3. The Morgan fingerprint density at radius 3 is 2.47 bits per heavy atom. The van der Waals surface area contributed by atoms with Crippen LogP contribution in [-0.2, 0) is 4.79 Å². The molecule has 2 aromatic heterocycles. The maximum Gasteiger partial charge on any atom is 0.281 e. The van der Waals surface area contributed by atoms with Gasteiger partial charge in [-0.3, -0.25) is 19.1 Å². The van der Waals surface area contributed by atoms with Gasteiger partial charge in [0.05, 0.1) is 34.2 Å². The summed E-state index contributed by atoms with van der Waals surface area (Å²) in [5, 5.41) is 0.142. The van der Waals surface area contributed by atoms with Gasteiger partial charge in [-0.2, -0.15) is 0 Å². The molecule has 2 aliphatic heterocycles. The summed E-state index contributed by atoms with van der Waals surface area (Å²) in [5.41, 5.74) is 6.36. The molecular weight excluding hydrogens is 581 g/mol. The molecule has 45 heavy (non-hydrogen) atoms. The van der Waals surface area contributed by atoms with Gasteiger partial charge in [-0.1, -0.05) is 26.5 Å². The van der Waals surface area contributed by atoms with Gasteiger partial charge < -0.3 is 20.4 Å². The van der Waals surface area contributed by atoms with Crippen LogP contribution < -0.4 is 21.1 Å². The second kappa shape index (κ2) is 11.0. The van der Waals surface area contributed by atoms with Crippen molar-refractivity contribution in [1.29, 1.82) is 0 Å². The summed E-state index contributed by atoms with van der Waals surface area (Å²) in [7, 11) is 1.76. The van der Waals surface area contributed by atoms with E-state index in [1.807, 2.05) is 25.7 Å². The van der Waals surface area contributed by atoms with Crippen LogP contribution in [0.25, 0.3) is 27.7 Å². The minimum absolute atomic E-state index is 0.142. The van der Waals surface area contributed by atoms with Crippen molar-refractivity contribution in [2.75, 3.05) is 42.2 Å². The molecule has 6 rings (SSSR count). The van der Waals surface area contributed by atoms with Crippen molar-refractivity contribution >= 4 is 33.9 Å². The molecule has 2 aromatic carbocycles. The summed E-state index contributed by atoms with van der Waals surface area (Å²) in [6, 6.07) is 6.15. The number of aryl methyl sites for hydroxylation is 1. The second-order valence-electron chi connectivity index (χ2n) is 12.2. The maximum absolute atomic E-state index is 17.2. The zero-order chi connectivity index (χ0) is 32.5. The quantitative estimate of drug-likeness (QED) is 0.240. The predicted octanol–water partition coefficient (Wildman–Crippen LogP) is 5.53. The molecule has 1 fully saturated rings. The third kappa shape index (κ3) is 4.55. The van der Waals surface area contributed by atoms with Crippen LogP contribution in [0.2, 0.25) is 0 Å². The number of aromatic nitrogens is 2. The summed E-state index contributed by atoms with van der Waals surface area (Å²) >= 11 is 0. The number of nitrogens with zero attached hydrogens (tertiary/aromatic N) is 5. The van der Waals surface area contributed by atoms with Crippen molar-refractivity contribution < 1.29 is 18.0 Å². The molecule has 234 valence electrons. The first-order chi connectivity index (χ1) is 21.4. The number of carbonyl (C=O) groups excluding carboxylic acids is 1. The number of piperazine rings is 1. The highest BCUT2D eigenvalue weighted by molar-refractivity contribution is 6.03. The summed E-state index contributed by atoms with van der Waals surface area (Å²) in [5.74, 6) is -3.39. The number of anilines is 3. The summed E-state index contributed by atoms with van der Waals surface area (Å²) < 4.78 is 50.0. The van der Waals surface area contributed by atoms with E-state index in [2.05, 4.69) is 11.6 Å². The molecule has 4 heterocycles. The fourth-order valence-corrected chi connectivity index (χ4v) is 6.91. The van der Waals surface area contributed by atoms with Gasteiger partial charge in [-0.15, -0.1) is 0 Å². The predicted molar refractivity (Wildman–Crippen MR) is 172 cm³/mol. The first-order valence-corrected chi connectivity index (χ1v) is 14.9. The summed E-state index contributed by atoms with van der Waals surface area (Å²) in [6.07, 6.45) is 2.90. The molecule has 0 radical (unpaired) electrons. The van der Waals surface area contributed by atoms with E-state index in [1.54, 1.807) is 36.0 Å². The Morgan fingerprint density at radius 2 is 1.80 bits per heavy atom. The van der Waals surface area contributed by atoms with E-state index in [0.29, 0.717) is 42.3 Å². The SMILES string of the molecule is C=CC(=O)N1CC2CN(C)c3c(c4cc(F)c(-c5c(N)cccc5F)c(F)c4n(-c4c(C)ccnc4C(C)C)c3=O)N2CC1C. The fraction of sp³-hybridized carbons (Fsp3) is 0.324. The first kappa shape index (κ1) is 30.2. The minimum Gasteiger partial charge on any atom is -0.398 e. The number of nitrogen functional groups attached to an aromatic ring is 1. The normalized spacial score (nSPS) is 17.9. The maximum atomic E-state index is 17.2. The zero-order valence-electron chi connectivity index (χ0n) is 25.9. The molecule has 4 aromatic rings. The van der Waals surface area contributed by atoms with E-state index >= 15 is 13.2 Å². The monoisotopic (exact) mass is 616 g/mol. The Hall–Kier alpha value is -4.80. The molecule has 0 saturated carbocycles. The zero-order valence-corrected chi connectivity index (χ0v) is 25.9. The van der Waals surface area contributed by atoms with E-state index < -0.39 is 34.1 Å². The van der Waals surface area contributed by atoms with Gasteiger partial charge in [0.15, 0.2) is 5.82 Å². The molecule has 2 unspecified atom stereocenters. The smallest absolute Gasteiger partial charge is 0.281 e. The second-order valence-corrected chi connectivity index (χ2v) is 12.2. The van der Waals surface area contributed by atoms with E-state index in [0.717, 1.165) is 12.1 Å². The highest BCUT2D eigenvalue weighted by atomic mass is 19.1. The molecule has 0 spiro atoms. The summed E-state index contributed by atoms with van der Waals surface area (Å²) in [4.78, 5) is 37.5. The first-order valence-electron chi connectivity index (χ1n) is 14.9. The van der Waals surface area contributed by atoms with Crippen LogP contribution in [0, 0.1) is 24.4 Å². The van der Waals surface area contributed by atoms with Crippen molar-refractivity contribution in [1.82, 2.24) is 14.5 Å². The van der Waals surface area contributed by atoms with Crippen LogP contribution in [0.4, 0.5) is 30.2 Å². The number of amides is 1. The van der Waals surface area contributed by atoms with Gasteiger partial charge >= 0.3 is 0 Å². The van der Waals surface area contributed by atoms with E-state index in [9.17, 15) is 9.59 Å². The molecule has 2 aliphatic rings. The third-order valence-corrected chi connectivity index (χ3v) is 8.97. The molecule has 2 atom stereocenters. The van der Waals surface area contributed by atoms with Gasteiger partial charge in [0.2, 0.25) is 5.91 Å². The lowest BCUT2D eigenvalue weighted by Gasteiger charge is -2.51. The third-order valence-electron chi connectivity index (χ3n) is 8.97. The number of pyridine rings is 2. The number of hydrogen-bond donors (Lipinski definition) is 1. The van der Waals surface area contributed by atoms with Gasteiger partial charge in [-0.25, -0.2) is 13.2 Å². The lowest BCUT2D eigenvalue weighted by Crippen LogP contribution is -2.64. The van der Waals surface area contributed by atoms with E-state index in [-0.39, 0.29) is 46.2 Å². The van der Waals surface area contributed by atoms with Gasteiger partial charge in [0.25, 0.3) is 5.56 Å². The minimum atomic E-state index is -1.11. The number of nitrogens with two attached hydrogens (primary N) is 1. The molecular formula is C34H35F3N6O2. The van der Waals surface area contributed by atoms with Gasteiger partial charge in [0.1, 0.15) is 17.3 Å². The number of fused-ring (bicyclic) bond motifs is 5. The van der Waals surface area contributed by atoms with E-state index in [4.69, 9.17) is 5.73 Å². The highest BCUT2D eigenvalue weighted by Gasteiger charge is 2.42. The average molecular weight is 617 g/mol. The lowest BCUT2D eigenvalue weighted by atomic mass is 9.95. The topological polar surface area (TPSA) is 87.7 Å². The standard InChI is InChI=1S/C34H35F3N6O2/c1-7-25(44)41-16-20-15-40(6)33-32(42(20)14-19(41)5)21-13-23(36)27(26-22(35)9-8-10-24(26)38)28(37)31(21)43(34(33)45)30-18(4)11-12-39-29(30)17(2)3/h7-13,17,19-20H,1,14-16,38H2,2-6H3. The molecule has 1 amide bonds. The molecule has 0 bridgehead atoms. The molecule has 11 heteroatoms. The van der Waals surface area contributed by atoms with Crippen molar-refractivity contribution in [3.05, 3.63) is 88.2 Å². The average Bonchev–Trinajstić information content (AvgIpc) is 2.98. The highest BCUT2D eigenvalue weighted by Crippen LogP contribution is 2.45. The van der Waals surface area contributed by atoms with Gasteiger partial charge in [0, 0.05) is 55.6 Å². The van der Waals surface area contributed by atoms with Crippen molar-refractivity contribution in [2.24, 2.45) is 0 Å². The van der Waals surface area contributed by atoms with Crippen LogP contribution >= 0.6 is 0 Å². The Morgan fingerprint density at radius 1 is 1.07 bits per heavy atom. The largest absolute Gasteiger partial charge is 0.398 e. The molecule has 2 N–H and O–H groups in total. The Kier molecular flexibility index (Phi) is 7.37. The fourth-order valence-electron chi connectivity index (χ4n) is 6.91. The van der Waals surface area contributed by atoms with Crippen LogP contribution in [0.3, 0.4) is 0 Å². The van der Waals surface area contributed by atoms with Crippen molar-refractivity contribution in [3.8, 4) is 16.8 Å². The number of benzene rings is 2. The van der Waals surface area contributed by atoms with Crippen LogP contribution in [0.15, 0.2) is 54.0 Å².